The van der Waals surface area contributed by atoms with Crippen LogP contribution in [0.1, 0.15) is 0 Å². The van der Waals surface area contributed by atoms with Crippen molar-refractivity contribution in [2.45, 2.75) is 0 Å². The minimum Gasteiger partial charge on any atom is -0.726 e. The van der Waals surface area contributed by atoms with Gasteiger partial charge in [-0.15, -0.1) is 0 Å². The highest BCUT2D eigenvalue weighted by Gasteiger charge is 1.97. The van der Waals surface area contributed by atoms with Crippen molar-refractivity contribution in [2.24, 2.45) is 0 Å². The van der Waals surface area contributed by atoms with Gasteiger partial charge in [-0.05, 0) is 6.07 Å². The maximum Gasteiger partial charge on any atom is 0.257 e. The SMILES string of the molecule is COS(=O)(=O)[O-].CO[n+]1cccc(F)c1. The zero-order valence-electron chi connectivity index (χ0n) is 8.08. The van der Waals surface area contributed by atoms with Gasteiger partial charge in [-0.2, -0.15) is 0 Å². The van der Waals surface area contributed by atoms with Gasteiger partial charge in [0.05, 0.1) is 7.11 Å². The summed E-state index contributed by atoms with van der Waals surface area (Å²) in [5, 5.41) is 0. The fourth-order valence-corrected chi connectivity index (χ4v) is 0.541. The average Bonchev–Trinajstić information content (AvgIpc) is 2.18. The van der Waals surface area contributed by atoms with Crippen LogP contribution in [0.5, 0.6) is 0 Å². The van der Waals surface area contributed by atoms with Crippen molar-refractivity contribution >= 4 is 10.4 Å². The number of hydrogen-bond acceptors (Lipinski definition) is 5. The lowest BCUT2D eigenvalue weighted by molar-refractivity contribution is -0.886. The van der Waals surface area contributed by atoms with Gasteiger partial charge in [-0.3, -0.25) is 9.02 Å². The lowest BCUT2D eigenvalue weighted by Crippen LogP contribution is -2.39. The van der Waals surface area contributed by atoms with Crippen LogP contribution in [0.25, 0.3) is 0 Å². The number of aromatic nitrogens is 1. The van der Waals surface area contributed by atoms with Crippen molar-refractivity contribution in [1.82, 2.24) is 0 Å². The van der Waals surface area contributed by atoms with Gasteiger partial charge in [0.1, 0.15) is 7.11 Å². The molecule has 6 nitrogen and oxygen atoms in total. The van der Waals surface area contributed by atoms with Crippen LogP contribution in [-0.2, 0) is 14.6 Å². The third kappa shape index (κ3) is 7.79. The maximum absolute atomic E-state index is 12.3. The van der Waals surface area contributed by atoms with E-state index in [4.69, 9.17) is 0 Å². The molecule has 0 saturated heterocycles. The number of pyridine rings is 1. The highest BCUT2D eigenvalue weighted by Crippen LogP contribution is 1.86. The zero-order valence-corrected chi connectivity index (χ0v) is 8.90. The first kappa shape index (κ1) is 13.8. The Morgan fingerprint density at radius 1 is 1.47 bits per heavy atom. The van der Waals surface area contributed by atoms with Crippen molar-refractivity contribution in [3.8, 4) is 0 Å². The molecule has 0 unspecified atom stereocenters. The Bertz CT molecular complexity index is 394. The van der Waals surface area contributed by atoms with Crippen LogP contribution in [0.3, 0.4) is 0 Å². The van der Waals surface area contributed by atoms with E-state index in [-0.39, 0.29) is 5.82 Å². The molecule has 0 saturated carbocycles. The largest absolute Gasteiger partial charge is 0.726 e. The molecular weight excluding hydrogens is 229 g/mol. The predicted octanol–water partition coefficient (Wildman–Crippen LogP) is -0.735. The molecule has 0 aliphatic carbocycles. The Labute approximate surface area is 86.8 Å². The second-order valence-electron chi connectivity index (χ2n) is 2.14. The van der Waals surface area contributed by atoms with Gasteiger partial charge in [0.25, 0.3) is 6.20 Å². The molecule has 0 fully saturated rings. The normalized spacial score (nSPS) is 10.1. The fraction of sp³-hybridized carbons (Fsp3) is 0.286. The van der Waals surface area contributed by atoms with Crippen LogP contribution in [0, 0.1) is 5.82 Å². The van der Waals surface area contributed by atoms with Crippen molar-refractivity contribution in [2.75, 3.05) is 14.2 Å². The van der Waals surface area contributed by atoms with E-state index in [1.165, 1.54) is 24.1 Å². The summed E-state index contributed by atoms with van der Waals surface area (Å²) in [6.07, 6.45) is 2.86. The van der Waals surface area contributed by atoms with Crippen molar-refractivity contribution in [3.63, 3.8) is 0 Å². The molecule has 0 aliphatic heterocycles. The van der Waals surface area contributed by atoms with Crippen LogP contribution in [-0.4, -0.2) is 27.2 Å². The molecule has 1 rings (SSSR count). The summed E-state index contributed by atoms with van der Waals surface area (Å²) in [7, 11) is -2.13. The molecule has 8 heteroatoms. The van der Waals surface area contributed by atoms with Crippen LogP contribution in [0.15, 0.2) is 24.5 Å². The van der Waals surface area contributed by atoms with E-state index in [2.05, 4.69) is 9.02 Å². The van der Waals surface area contributed by atoms with Crippen LogP contribution >= 0.6 is 0 Å². The lowest BCUT2D eigenvalue weighted by atomic mass is 10.5. The summed E-state index contributed by atoms with van der Waals surface area (Å²) < 4.78 is 44.6. The summed E-state index contributed by atoms with van der Waals surface area (Å²) in [5.74, 6) is -0.306. The Morgan fingerprint density at radius 3 is 2.27 bits per heavy atom. The lowest BCUT2D eigenvalue weighted by Gasteiger charge is -1.98. The van der Waals surface area contributed by atoms with E-state index in [9.17, 15) is 17.4 Å². The van der Waals surface area contributed by atoms with Crippen LogP contribution in [0.4, 0.5) is 4.39 Å². The first-order valence-corrected chi connectivity index (χ1v) is 4.95. The molecule has 0 radical (unpaired) electrons. The molecule has 86 valence electrons. The summed E-state index contributed by atoms with van der Waals surface area (Å²) in [5.41, 5.74) is 0. The molecule has 0 amide bonds. The average molecular weight is 239 g/mol. The van der Waals surface area contributed by atoms with Crippen molar-refractivity contribution in [1.29, 1.82) is 0 Å². The number of rotatable bonds is 2. The van der Waals surface area contributed by atoms with Gasteiger partial charge < -0.3 is 4.55 Å². The highest BCUT2D eigenvalue weighted by atomic mass is 32.3. The number of hydrogen-bond donors (Lipinski definition) is 0. The Balaban J connectivity index is 0.000000288. The molecule has 0 spiro atoms. The highest BCUT2D eigenvalue weighted by molar-refractivity contribution is 7.80. The van der Waals surface area contributed by atoms with E-state index >= 15 is 0 Å². The first-order valence-electron chi connectivity index (χ1n) is 3.62. The van der Waals surface area contributed by atoms with Crippen molar-refractivity contribution < 1.29 is 31.1 Å². The topological polar surface area (TPSA) is 79.5 Å². The standard InChI is InChI=1S/C6H7FNO.CH4O4S/c1-9-8-4-2-3-6(7)5-8;1-5-6(2,3)4/h2-5H,1H3;1H3,(H,2,3,4)/q+1;/p-1. The molecule has 0 atom stereocenters. The Hall–Kier alpha value is -1.25. The van der Waals surface area contributed by atoms with E-state index in [1.54, 1.807) is 12.3 Å². The zero-order chi connectivity index (χ0) is 11.9. The molecule has 1 aromatic heterocycles. The molecule has 0 aromatic carbocycles. The van der Waals surface area contributed by atoms with Gasteiger partial charge in [0.15, 0.2) is 5.82 Å². The minimum atomic E-state index is -4.41. The van der Waals surface area contributed by atoms with Gasteiger partial charge >= 0.3 is 0 Å². The molecule has 1 heterocycles. The van der Waals surface area contributed by atoms with Gasteiger partial charge in [0.2, 0.25) is 16.6 Å². The summed E-state index contributed by atoms with van der Waals surface area (Å²) in [4.78, 5) is 4.67. The van der Waals surface area contributed by atoms with Gasteiger partial charge in [-0.1, -0.05) is 0 Å². The monoisotopic (exact) mass is 239 g/mol. The summed E-state index contributed by atoms with van der Waals surface area (Å²) in [6, 6.07) is 2.92. The number of halogens is 1. The second kappa shape index (κ2) is 6.27. The van der Waals surface area contributed by atoms with Crippen LogP contribution < -0.4 is 9.57 Å². The van der Waals surface area contributed by atoms with E-state index < -0.39 is 10.4 Å². The smallest absolute Gasteiger partial charge is 0.257 e. The van der Waals surface area contributed by atoms with Gasteiger partial charge in [0, 0.05) is 10.8 Å². The first-order chi connectivity index (χ1) is 6.89. The quantitative estimate of drug-likeness (QED) is 0.386. The molecule has 1 aromatic rings. The summed E-state index contributed by atoms with van der Waals surface area (Å²) in [6.45, 7) is 0. The number of nitrogens with zero attached hydrogens (tertiary/aromatic N) is 1. The molecular formula is C7H10FNO5S. The molecule has 0 N–H and O–H groups in total. The minimum absolute atomic E-state index is 0.306. The third-order valence-corrected chi connectivity index (χ3v) is 1.56. The van der Waals surface area contributed by atoms with Crippen molar-refractivity contribution in [3.05, 3.63) is 30.3 Å². The van der Waals surface area contributed by atoms with E-state index in [0.29, 0.717) is 0 Å². The fourth-order valence-electron chi connectivity index (χ4n) is 0.541. The maximum atomic E-state index is 12.3. The summed E-state index contributed by atoms with van der Waals surface area (Å²) >= 11 is 0. The van der Waals surface area contributed by atoms with Crippen LogP contribution in [0.2, 0.25) is 0 Å². The van der Waals surface area contributed by atoms with E-state index in [0.717, 1.165) is 7.11 Å². The predicted molar refractivity (Wildman–Crippen MR) is 45.8 cm³/mol. The Morgan fingerprint density at radius 2 is 2.00 bits per heavy atom. The molecule has 0 bridgehead atoms. The van der Waals surface area contributed by atoms with Gasteiger partial charge in [-0.25, -0.2) is 12.8 Å². The second-order valence-corrected chi connectivity index (χ2v) is 3.29. The van der Waals surface area contributed by atoms with E-state index in [1.807, 2.05) is 0 Å². The molecule has 0 aliphatic rings. The molecule has 15 heavy (non-hydrogen) atoms. The third-order valence-electron chi connectivity index (χ3n) is 1.15. The Kier molecular flexibility index (Phi) is 5.75.